The zero-order chi connectivity index (χ0) is 18.2. The minimum Gasteiger partial charge on any atom is -0.497 e. The summed E-state index contributed by atoms with van der Waals surface area (Å²) in [5, 5.41) is 3.43. The molecule has 0 spiro atoms. The highest BCUT2D eigenvalue weighted by molar-refractivity contribution is 7.89. The summed E-state index contributed by atoms with van der Waals surface area (Å²) in [4.78, 5) is -0.274. The molecule has 1 atom stereocenters. The second-order valence-electron chi connectivity index (χ2n) is 5.62. The number of sulfonamides is 1. The Morgan fingerprint density at radius 2 is 2.20 bits per heavy atom. The van der Waals surface area contributed by atoms with Crippen LogP contribution in [0.15, 0.2) is 29.3 Å². The Labute approximate surface area is 143 Å². The number of hydrogen-bond acceptors (Lipinski definition) is 5. The third kappa shape index (κ3) is 3.45. The molecule has 1 aliphatic rings. The lowest BCUT2D eigenvalue weighted by Gasteiger charge is -2.26. The van der Waals surface area contributed by atoms with Crippen LogP contribution in [0.5, 0.6) is 11.5 Å². The minimum atomic E-state index is -4.00. The molecule has 0 amide bonds. The average molecular weight is 373 g/mol. The van der Waals surface area contributed by atoms with E-state index < -0.39 is 22.6 Å². The summed E-state index contributed by atoms with van der Waals surface area (Å²) < 4.78 is 64.1. The molecule has 0 saturated carbocycles. The van der Waals surface area contributed by atoms with Crippen molar-refractivity contribution < 1.29 is 26.7 Å². The van der Waals surface area contributed by atoms with Gasteiger partial charge in [0.05, 0.1) is 25.0 Å². The molecule has 1 unspecified atom stereocenters. The van der Waals surface area contributed by atoms with Gasteiger partial charge in [-0.15, -0.1) is 0 Å². The van der Waals surface area contributed by atoms with E-state index >= 15 is 0 Å². The van der Waals surface area contributed by atoms with E-state index in [9.17, 15) is 17.2 Å². The lowest BCUT2D eigenvalue weighted by molar-refractivity contribution is 0.0541. The molecule has 10 heteroatoms. The molecule has 1 aromatic heterocycles. The van der Waals surface area contributed by atoms with Crippen LogP contribution in [0.3, 0.4) is 0 Å². The van der Waals surface area contributed by atoms with Crippen molar-refractivity contribution in [3.8, 4) is 11.5 Å². The van der Waals surface area contributed by atoms with Crippen molar-refractivity contribution in [3.63, 3.8) is 0 Å². The molecule has 1 aliphatic heterocycles. The fourth-order valence-electron chi connectivity index (χ4n) is 2.72. The van der Waals surface area contributed by atoms with Crippen LogP contribution in [0.25, 0.3) is 0 Å². The number of benzene rings is 1. The fourth-order valence-corrected chi connectivity index (χ4v) is 4.11. The van der Waals surface area contributed by atoms with Gasteiger partial charge in [0.15, 0.2) is 0 Å². The first-order valence-electron chi connectivity index (χ1n) is 7.46. The largest absolute Gasteiger partial charge is 0.497 e. The van der Waals surface area contributed by atoms with Crippen LogP contribution in [0, 0.1) is 6.92 Å². The highest BCUT2D eigenvalue weighted by atomic mass is 32.2. The molecule has 0 fully saturated rings. The highest BCUT2D eigenvalue weighted by Crippen LogP contribution is 2.29. The first-order valence-corrected chi connectivity index (χ1v) is 8.94. The highest BCUT2D eigenvalue weighted by Gasteiger charge is 2.29. The van der Waals surface area contributed by atoms with Crippen LogP contribution in [-0.4, -0.2) is 38.0 Å². The van der Waals surface area contributed by atoms with Gasteiger partial charge in [-0.3, -0.25) is 0 Å². The van der Waals surface area contributed by atoms with E-state index in [0.717, 1.165) is 11.8 Å². The van der Waals surface area contributed by atoms with Gasteiger partial charge >= 0.3 is 6.55 Å². The molecule has 25 heavy (non-hydrogen) atoms. The molecule has 0 radical (unpaired) electrons. The molecule has 2 aromatic rings. The van der Waals surface area contributed by atoms with Gasteiger partial charge in [0.25, 0.3) is 0 Å². The predicted octanol–water partition coefficient (Wildman–Crippen LogP) is 1.88. The van der Waals surface area contributed by atoms with Crippen LogP contribution in [0.4, 0.5) is 8.78 Å². The van der Waals surface area contributed by atoms with Gasteiger partial charge in [0.1, 0.15) is 23.0 Å². The second kappa shape index (κ2) is 6.60. The summed E-state index contributed by atoms with van der Waals surface area (Å²) in [5.74, 6) is 1.30. The van der Waals surface area contributed by atoms with Crippen molar-refractivity contribution >= 4 is 10.0 Å². The van der Waals surface area contributed by atoms with Crippen molar-refractivity contribution in [2.24, 2.45) is 0 Å². The molecule has 1 N–H and O–H groups in total. The van der Waals surface area contributed by atoms with E-state index in [0.29, 0.717) is 22.6 Å². The lowest BCUT2D eigenvalue weighted by atomic mass is 10.0. The molecule has 7 nitrogen and oxygen atoms in total. The quantitative estimate of drug-likeness (QED) is 0.865. The monoisotopic (exact) mass is 373 g/mol. The van der Waals surface area contributed by atoms with Crippen molar-refractivity contribution in [1.82, 2.24) is 14.5 Å². The van der Waals surface area contributed by atoms with E-state index in [2.05, 4.69) is 9.82 Å². The molecule has 2 heterocycles. The number of ether oxygens (including phenoxy) is 2. The normalized spacial score (nSPS) is 17.2. The zero-order valence-corrected chi connectivity index (χ0v) is 14.4. The van der Waals surface area contributed by atoms with Gasteiger partial charge in [-0.25, -0.2) is 17.8 Å². The molecule has 0 bridgehead atoms. The summed E-state index contributed by atoms with van der Waals surface area (Å²) >= 11 is 0. The van der Waals surface area contributed by atoms with E-state index in [1.165, 1.54) is 14.0 Å². The molecule has 0 aliphatic carbocycles. The first-order chi connectivity index (χ1) is 11.8. The second-order valence-corrected chi connectivity index (χ2v) is 7.31. The maximum absolute atomic E-state index is 12.8. The van der Waals surface area contributed by atoms with Crippen LogP contribution < -0.4 is 14.2 Å². The fraction of sp³-hybridized carbons (Fsp3) is 0.400. The number of halogens is 2. The number of hydrogen-bond donors (Lipinski definition) is 1. The van der Waals surface area contributed by atoms with Gasteiger partial charge in [0, 0.05) is 0 Å². The Hall–Kier alpha value is -2.20. The third-order valence-corrected chi connectivity index (χ3v) is 5.59. The standard InChI is InChI=1S/C15H17F2N3O4S/c1-9-14(7-18-20(9)15(16)17)25(21,22)19-11-5-10-6-12(23-2)3-4-13(10)24-8-11/h3-4,6-7,11,15,19H,5,8H2,1-2H3. The summed E-state index contributed by atoms with van der Waals surface area (Å²) in [6.45, 7) is -1.48. The van der Waals surface area contributed by atoms with Gasteiger partial charge in [-0.2, -0.15) is 13.9 Å². The number of alkyl halides is 2. The topological polar surface area (TPSA) is 82.5 Å². The van der Waals surface area contributed by atoms with Crippen molar-refractivity contribution in [2.45, 2.75) is 30.8 Å². The third-order valence-electron chi connectivity index (χ3n) is 3.97. The summed E-state index contributed by atoms with van der Waals surface area (Å²) in [5.41, 5.74) is 0.680. The van der Waals surface area contributed by atoms with Gasteiger partial charge in [-0.05, 0) is 37.1 Å². The molecule has 136 valence electrons. The van der Waals surface area contributed by atoms with E-state index in [1.807, 2.05) is 0 Å². The van der Waals surface area contributed by atoms with Gasteiger partial charge in [0.2, 0.25) is 10.0 Å². The van der Waals surface area contributed by atoms with Crippen molar-refractivity contribution in [2.75, 3.05) is 13.7 Å². The Morgan fingerprint density at radius 3 is 2.84 bits per heavy atom. The van der Waals surface area contributed by atoms with Crippen LogP contribution in [0.1, 0.15) is 17.8 Å². The molecule has 1 aromatic carbocycles. The summed E-state index contributed by atoms with van der Waals surface area (Å²) in [7, 11) is -2.46. The lowest BCUT2D eigenvalue weighted by Crippen LogP contribution is -2.42. The predicted molar refractivity (Wildman–Crippen MR) is 84.5 cm³/mol. The Morgan fingerprint density at radius 1 is 1.44 bits per heavy atom. The number of fused-ring (bicyclic) bond motifs is 1. The molecule has 0 saturated heterocycles. The SMILES string of the molecule is COc1ccc2c(c1)CC(NS(=O)(=O)c1cnn(C(F)F)c1C)CO2. The number of nitrogens with one attached hydrogen (secondary N) is 1. The molecular weight excluding hydrogens is 356 g/mol. The summed E-state index contributed by atoms with van der Waals surface area (Å²) in [6, 6.07) is 4.76. The van der Waals surface area contributed by atoms with E-state index in [4.69, 9.17) is 9.47 Å². The first kappa shape index (κ1) is 17.6. The molecular formula is C15H17F2N3O4S. The Bertz CT molecular complexity index is 883. The van der Waals surface area contributed by atoms with Crippen molar-refractivity contribution in [3.05, 3.63) is 35.7 Å². The van der Waals surface area contributed by atoms with Gasteiger partial charge < -0.3 is 9.47 Å². The minimum absolute atomic E-state index is 0.124. The molecule has 3 rings (SSSR count). The van der Waals surface area contributed by atoms with Crippen LogP contribution >= 0.6 is 0 Å². The number of nitrogens with zero attached hydrogens (tertiary/aromatic N) is 2. The van der Waals surface area contributed by atoms with Gasteiger partial charge in [-0.1, -0.05) is 0 Å². The van der Waals surface area contributed by atoms with Crippen LogP contribution in [-0.2, 0) is 16.4 Å². The van der Waals surface area contributed by atoms with Crippen molar-refractivity contribution in [1.29, 1.82) is 0 Å². The maximum Gasteiger partial charge on any atom is 0.333 e. The van der Waals surface area contributed by atoms with E-state index in [-0.39, 0.29) is 17.2 Å². The average Bonchev–Trinajstić information content (AvgIpc) is 2.96. The number of rotatable bonds is 5. The Kier molecular flexibility index (Phi) is 4.65. The Balaban J connectivity index is 1.80. The van der Waals surface area contributed by atoms with Crippen LogP contribution in [0.2, 0.25) is 0 Å². The summed E-state index contributed by atoms with van der Waals surface area (Å²) in [6.07, 6.45) is 1.32. The number of aromatic nitrogens is 2. The zero-order valence-electron chi connectivity index (χ0n) is 13.6. The number of methoxy groups -OCH3 is 1. The smallest absolute Gasteiger partial charge is 0.333 e. The van der Waals surface area contributed by atoms with E-state index in [1.54, 1.807) is 18.2 Å². The maximum atomic E-state index is 12.8.